The Morgan fingerprint density at radius 3 is 2.58 bits per heavy atom. The van der Waals surface area contributed by atoms with Gasteiger partial charge in [-0.15, -0.1) is 11.3 Å². The quantitative estimate of drug-likeness (QED) is 0.175. The fraction of sp³-hybridized carbons (Fsp3) is 0.111. The summed E-state index contributed by atoms with van der Waals surface area (Å²) in [4.78, 5) is 29.7. The molecular weight excluding hydrogens is 548 g/mol. The molecule has 0 aliphatic heterocycles. The lowest BCUT2D eigenvalue weighted by Gasteiger charge is -2.10. The topological polar surface area (TPSA) is 112 Å². The van der Waals surface area contributed by atoms with Gasteiger partial charge in [-0.3, -0.25) is 9.59 Å². The largest absolute Gasteiger partial charge is 0.401 e. The Morgan fingerprint density at radius 1 is 1.00 bits per heavy atom. The highest BCUT2D eigenvalue weighted by atomic mass is 32.1. The van der Waals surface area contributed by atoms with Crippen LogP contribution in [0.3, 0.4) is 0 Å². The number of aromatic nitrogens is 3. The number of fused-ring (bicyclic) bond motifs is 1. The molecule has 40 heavy (non-hydrogen) atoms. The summed E-state index contributed by atoms with van der Waals surface area (Å²) in [6, 6.07) is 17.8. The Morgan fingerprint density at radius 2 is 1.82 bits per heavy atom. The maximum absolute atomic E-state index is 14.6. The number of halogens is 4. The van der Waals surface area contributed by atoms with Gasteiger partial charge >= 0.3 is 6.18 Å². The second kappa shape index (κ2) is 11.2. The molecule has 0 unspecified atom stereocenters. The van der Waals surface area contributed by atoms with Crippen LogP contribution < -0.4 is 21.5 Å². The van der Waals surface area contributed by atoms with Crippen molar-refractivity contribution in [3.63, 3.8) is 0 Å². The predicted octanol–water partition coefficient (Wildman–Crippen LogP) is 5.83. The number of pyridine rings is 1. The number of alkyl halides is 3. The summed E-state index contributed by atoms with van der Waals surface area (Å²) in [5.41, 5.74) is 0.704. The van der Waals surface area contributed by atoms with Gasteiger partial charge in [-0.05, 0) is 53.4 Å². The van der Waals surface area contributed by atoms with Gasteiger partial charge in [0.25, 0.3) is 11.5 Å². The van der Waals surface area contributed by atoms with E-state index in [-0.39, 0.29) is 29.4 Å². The van der Waals surface area contributed by atoms with Gasteiger partial charge in [-0.2, -0.15) is 18.3 Å². The number of H-pyrrole nitrogens is 1. The minimum absolute atomic E-state index is 0.0286. The highest BCUT2D eigenvalue weighted by molar-refractivity contribution is 7.20. The van der Waals surface area contributed by atoms with Crippen LogP contribution in [0.25, 0.3) is 21.3 Å². The van der Waals surface area contributed by atoms with Crippen LogP contribution in [0.2, 0.25) is 0 Å². The van der Waals surface area contributed by atoms with E-state index in [2.05, 4.69) is 31.1 Å². The normalized spacial score (nSPS) is 11.5. The number of nitrogens with zero attached hydrogens (tertiary/aromatic N) is 2. The summed E-state index contributed by atoms with van der Waals surface area (Å²) in [6.07, 6.45) is -2.93. The number of hydrogen-bond acceptors (Lipinski definition) is 7. The number of benzene rings is 2. The number of carbonyl (C=O) groups excluding carboxylic acids is 1. The van der Waals surface area contributed by atoms with Gasteiger partial charge in [0.1, 0.15) is 17.3 Å². The molecule has 0 saturated heterocycles. The van der Waals surface area contributed by atoms with Crippen LogP contribution in [0.1, 0.15) is 15.2 Å². The molecule has 4 N–H and O–H groups in total. The van der Waals surface area contributed by atoms with Crippen LogP contribution in [-0.4, -0.2) is 33.8 Å². The lowest BCUT2D eigenvalue weighted by Crippen LogP contribution is -2.28. The van der Waals surface area contributed by atoms with Gasteiger partial charge in [-0.25, -0.2) is 14.5 Å². The van der Waals surface area contributed by atoms with E-state index in [9.17, 15) is 27.2 Å². The number of anilines is 3. The van der Waals surface area contributed by atoms with Crippen LogP contribution in [0.15, 0.2) is 77.7 Å². The second-order valence-corrected chi connectivity index (χ2v) is 9.77. The first-order valence-corrected chi connectivity index (χ1v) is 12.7. The van der Waals surface area contributed by atoms with E-state index in [0.29, 0.717) is 16.0 Å². The molecular formula is C27H20F4N6O2S. The number of aromatic amines is 1. The van der Waals surface area contributed by atoms with E-state index in [0.717, 1.165) is 10.1 Å². The standard InChI is InChI=1S/C27H20F4N6O2S/c28-18-7-6-16(9-20(18)35-26(39)23-10-17-3-1-2-4-22(17)40-23)19-11-21(25(38)37-36-19)34-24-8-5-15(13-33-24)12-32-14-27(29,30)31/h1-11,13,32H,12,14H2,(H,35,39)(H,37,38)(H,33,34,36). The fourth-order valence-electron chi connectivity index (χ4n) is 3.79. The second-order valence-electron chi connectivity index (χ2n) is 8.69. The maximum atomic E-state index is 14.6. The zero-order valence-corrected chi connectivity index (χ0v) is 21.3. The zero-order valence-electron chi connectivity index (χ0n) is 20.5. The first-order valence-electron chi connectivity index (χ1n) is 11.8. The summed E-state index contributed by atoms with van der Waals surface area (Å²) in [5, 5.41) is 15.0. The third kappa shape index (κ3) is 6.50. The molecule has 204 valence electrons. The minimum atomic E-state index is -4.31. The molecule has 5 aromatic rings. The predicted molar refractivity (Wildman–Crippen MR) is 145 cm³/mol. The fourth-order valence-corrected chi connectivity index (χ4v) is 4.75. The van der Waals surface area contributed by atoms with Crippen molar-refractivity contribution in [1.29, 1.82) is 0 Å². The number of hydrogen-bond donors (Lipinski definition) is 4. The van der Waals surface area contributed by atoms with Crippen LogP contribution in [0, 0.1) is 5.82 Å². The lowest BCUT2D eigenvalue weighted by atomic mass is 10.1. The Labute approximate surface area is 228 Å². The Kier molecular flexibility index (Phi) is 7.58. The first kappa shape index (κ1) is 27.0. The van der Waals surface area contributed by atoms with Crippen molar-refractivity contribution in [3.05, 3.63) is 99.5 Å². The molecule has 0 bridgehead atoms. The van der Waals surface area contributed by atoms with Gasteiger partial charge in [0.2, 0.25) is 0 Å². The van der Waals surface area contributed by atoms with Crippen molar-refractivity contribution in [2.75, 3.05) is 17.2 Å². The molecule has 2 aromatic carbocycles. The van der Waals surface area contributed by atoms with E-state index < -0.39 is 30.0 Å². The van der Waals surface area contributed by atoms with Gasteiger partial charge in [0.05, 0.1) is 22.8 Å². The SMILES string of the molecule is O=C(Nc1cc(-c2cc(Nc3ccc(CNCC(F)(F)F)cn3)c(=O)[nH]n2)ccc1F)c1cc2ccccc2s1. The zero-order chi connectivity index (χ0) is 28.3. The van der Waals surface area contributed by atoms with Crippen LogP contribution in [0.4, 0.5) is 34.8 Å². The van der Waals surface area contributed by atoms with Crippen LogP contribution in [0.5, 0.6) is 0 Å². The molecule has 0 atom stereocenters. The van der Waals surface area contributed by atoms with Crippen LogP contribution in [-0.2, 0) is 6.54 Å². The highest BCUT2D eigenvalue weighted by Crippen LogP contribution is 2.28. The average molecular weight is 569 g/mol. The molecule has 0 radical (unpaired) electrons. The molecule has 5 rings (SSSR count). The third-order valence-electron chi connectivity index (χ3n) is 5.71. The van der Waals surface area contributed by atoms with E-state index in [4.69, 9.17) is 0 Å². The van der Waals surface area contributed by atoms with Gasteiger partial charge in [0, 0.05) is 23.0 Å². The number of nitrogens with one attached hydrogen (secondary N) is 4. The lowest BCUT2D eigenvalue weighted by molar-refractivity contribution is -0.125. The van der Waals surface area contributed by atoms with E-state index in [1.165, 1.54) is 47.9 Å². The van der Waals surface area contributed by atoms with E-state index in [1.54, 1.807) is 12.1 Å². The average Bonchev–Trinajstić information content (AvgIpc) is 3.36. The molecule has 1 amide bonds. The number of rotatable bonds is 8. The van der Waals surface area contributed by atoms with Crippen LogP contribution >= 0.6 is 11.3 Å². The van der Waals surface area contributed by atoms with Gasteiger partial charge in [0.15, 0.2) is 0 Å². The maximum Gasteiger partial charge on any atom is 0.401 e. The summed E-state index contributed by atoms with van der Waals surface area (Å²) in [6.45, 7) is -1.15. The van der Waals surface area contributed by atoms with Crippen molar-refractivity contribution < 1.29 is 22.4 Å². The van der Waals surface area contributed by atoms with Gasteiger partial charge < -0.3 is 16.0 Å². The summed E-state index contributed by atoms with van der Waals surface area (Å²) in [7, 11) is 0. The van der Waals surface area contributed by atoms with Crippen molar-refractivity contribution in [3.8, 4) is 11.3 Å². The summed E-state index contributed by atoms with van der Waals surface area (Å²) in [5.74, 6) is -0.829. The van der Waals surface area contributed by atoms with Crippen molar-refractivity contribution in [1.82, 2.24) is 20.5 Å². The molecule has 0 aliphatic rings. The van der Waals surface area contributed by atoms with Crippen molar-refractivity contribution in [2.45, 2.75) is 12.7 Å². The number of thiophene rings is 1. The Bertz CT molecular complexity index is 1700. The molecule has 0 aliphatic carbocycles. The summed E-state index contributed by atoms with van der Waals surface area (Å²) >= 11 is 1.29. The third-order valence-corrected chi connectivity index (χ3v) is 6.82. The highest BCUT2D eigenvalue weighted by Gasteiger charge is 2.26. The molecule has 0 fully saturated rings. The molecule has 3 aromatic heterocycles. The van der Waals surface area contributed by atoms with E-state index >= 15 is 0 Å². The Hall–Kier alpha value is -4.62. The summed E-state index contributed by atoms with van der Waals surface area (Å²) < 4.78 is 52.4. The van der Waals surface area contributed by atoms with Crippen molar-refractivity contribution >= 4 is 44.5 Å². The van der Waals surface area contributed by atoms with Gasteiger partial charge in [-0.1, -0.05) is 24.3 Å². The molecule has 0 saturated carbocycles. The minimum Gasteiger partial charge on any atom is -0.336 e. The molecule has 3 heterocycles. The molecule has 8 nitrogen and oxygen atoms in total. The van der Waals surface area contributed by atoms with Crippen molar-refractivity contribution in [2.24, 2.45) is 0 Å². The number of amides is 1. The van der Waals surface area contributed by atoms with E-state index in [1.807, 2.05) is 24.3 Å². The first-order chi connectivity index (χ1) is 19.1. The molecule has 13 heteroatoms. The monoisotopic (exact) mass is 568 g/mol. The molecule has 0 spiro atoms. The number of carbonyl (C=O) groups is 1. The smallest absolute Gasteiger partial charge is 0.336 e. The Balaban J connectivity index is 1.31.